The van der Waals surface area contributed by atoms with Crippen molar-refractivity contribution in [2.24, 2.45) is 0 Å². The Morgan fingerprint density at radius 2 is 1.91 bits per heavy atom. The second kappa shape index (κ2) is 6.71. The molecule has 6 heteroatoms. The molecule has 1 aliphatic heterocycles. The average Bonchev–Trinajstić information content (AvgIpc) is 2.95. The minimum Gasteiger partial charge on any atom is -0.309 e. The number of pyridine rings is 1. The lowest BCUT2D eigenvalue weighted by Gasteiger charge is -2.16. The van der Waals surface area contributed by atoms with E-state index in [-0.39, 0.29) is 12.4 Å². The van der Waals surface area contributed by atoms with E-state index in [4.69, 9.17) is 16.7 Å². The summed E-state index contributed by atoms with van der Waals surface area (Å²) in [5.74, 6) is 0. The summed E-state index contributed by atoms with van der Waals surface area (Å²) in [4.78, 5) is 4.12. The summed E-state index contributed by atoms with van der Waals surface area (Å²) in [5.41, 5.74) is 5.54. The molecule has 4 rings (SSSR count). The predicted octanol–water partition coefficient (Wildman–Crippen LogP) is 3.79. The van der Waals surface area contributed by atoms with Crippen LogP contribution in [0.25, 0.3) is 22.4 Å². The van der Waals surface area contributed by atoms with Crippen LogP contribution in [-0.4, -0.2) is 21.3 Å². The lowest BCUT2D eigenvalue weighted by molar-refractivity contribution is 0.477. The molecule has 4 nitrogen and oxygen atoms in total. The van der Waals surface area contributed by atoms with Crippen LogP contribution < -0.4 is 5.32 Å². The van der Waals surface area contributed by atoms with Crippen molar-refractivity contribution >= 4 is 24.0 Å². The first-order chi connectivity index (χ1) is 10.8. The van der Waals surface area contributed by atoms with Gasteiger partial charge in [0.15, 0.2) is 0 Å². The van der Waals surface area contributed by atoms with Crippen molar-refractivity contribution in [2.75, 3.05) is 6.54 Å². The van der Waals surface area contributed by atoms with Crippen LogP contribution in [-0.2, 0) is 13.1 Å². The van der Waals surface area contributed by atoms with Gasteiger partial charge in [0, 0.05) is 41.6 Å². The monoisotopic (exact) mass is 346 g/mol. The zero-order valence-corrected chi connectivity index (χ0v) is 13.9. The first-order valence-electron chi connectivity index (χ1n) is 7.29. The second-order valence-electron chi connectivity index (χ2n) is 5.32. The van der Waals surface area contributed by atoms with Gasteiger partial charge in [0.25, 0.3) is 0 Å². The molecular weight excluding hydrogens is 331 g/mol. The standard InChI is InChI=1S/C17H15ClN4.ClH/c18-14-3-1-2-13(10-14)17-16(12-4-6-19-7-5-12)15-11-20-8-9-22(15)21-17;/h1-7,10,20H,8-9,11H2;1H. The summed E-state index contributed by atoms with van der Waals surface area (Å²) < 4.78 is 2.10. The molecule has 1 aliphatic rings. The van der Waals surface area contributed by atoms with E-state index < -0.39 is 0 Å². The van der Waals surface area contributed by atoms with Crippen LogP contribution in [0.2, 0.25) is 5.02 Å². The molecule has 23 heavy (non-hydrogen) atoms. The third-order valence-corrected chi connectivity index (χ3v) is 4.15. The zero-order chi connectivity index (χ0) is 14.9. The maximum absolute atomic E-state index is 6.16. The third-order valence-electron chi connectivity index (χ3n) is 3.92. The molecule has 0 radical (unpaired) electrons. The van der Waals surface area contributed by atoms with Gasteiger partial charge in [-0.15, -0.1) is 12.4 Å². The Morgan fingerprint density at radius 3 is 2.70 bits per heavy atom. The summed E-state index contributed by atoms with van der Waals surface area (Å²) in [6.45, 7) is 2.65. The van der Waals surface area contributed by atoms with E-state index in [1.165, 1.54) is 5.69 Å². The third kappa shape index (κ3) is 2.98. The molecule has 3 aromatic rings. The largest absolute Gasteiger partial charge is 0.309 e. The van der Waals surface area contributed by atoms with Gasteiger partial charge in [0.1, 0.15) is 5.69 Å². The molecule has 1 N–H and O–H groups in total. The predicted molar refractivity (Wildman–Crippen MR) is 94.9 cm³/mol. The van der Waals surface area contributed by atoms with Crippen LogP contribution >= 0.6 is 24.0 Å². The highest BCUT2D eigenvalue weighted by molar-refractivity contribution is 6.30. The Labute approximate surface area is 145 Å². The van der Waals surface area contributed by atoms with Gasteiger partial charge < -0.3 is 5.32 Å². The smallest absolute Gasteiger partial charge is 0.101 e. The van der Waals surface area contributed by atoms with Gasteiger partial charge in [0.05, 0.1) is 12.2 Å². The molecule has 0 fully saturated rings. The van der Waals surface area contributed by atoms with Gasteiger partial charge in [-0.05, 0) is 29.8 Å². The van der Waals surface area contributed by atoms with Gasteiger partial charge in [-0.25, -0.2) is 0 Å². The van der Waals surface area contributed by atoms with E-state index >= 15 is 0 Å². The molecule has 3 heterocycles. The van der Waals surface area contributed by atoms with Crippen molar-refractivity contribution in [3.05, 3.63) is 59.5 Å². The molecule has 0 saturated carbocycles. The number of rotatable bonds is 2. The first kappa shape index (κ1) is 16.0. The number of benzene rings is 1. The van der Waals surface area contributed by atoms with E-state index in [1.54, 1.807) is 0 Å². The maximum Gasteiger partial charge on any atom is 0.101 e. The summed E-state index contributed by atoms with van der Waals surface area (Å²) in [6.07, 6.45) is 3.63. The van der Waals surface area contributed by atoms with E-state index in [1.807, 2.05) is 42.7 Å². The average molecular weight is 347 g/mol. The number of hydrogen-bond donors (Lipinski definition) is 1. The molecule has 118 valence electrons. The number of nitrogens with one attached hydrogen (secondary N) is 1. The number of hydrogen-bond acceptors (Lipinski definition) is 3. The summed E-state index contributed by atoms with van der Waals surface area (Å²) in [7, 11) is 0. The summed E-state index contributed by atoms with van der Waals surface area (Å²) >= 11 is 6.16. The molecule has 0 bridgehead atoms. The van der Waals surface area contributed by atoms with E-state index in [0.717, 1.165) is 47.0 Å². The molecule has 2 aromatic heterocycles. The molecule has 0 aliphatic carbocycles. The number of halogens is 2. The summed E-state index contributed by atoms with van der Waals surface area (Å²) in [5, 5.41) is 8.99. The Hall–Kier alpha value is -1.88. The number of aromatic nitrogens is 3. The van der Waals surface area contributed by atoms with Gasteiger partial charge in [-0.1, -0.05) is 23.7 Å². The van der Waals surface area contributed by atoms with Crippen LogP contribution in [0.15, 0.2) is 48.8 Å². The van der Waals surface area contributed by atoms with E-state index in [0.29, 0.717) is 0 Å². The van der Waals surface area contributed by atoms with Crippen LogP contribution in [0, 0.1) is 0 Å². The molecule has 0 saturated heterocycles. The fraction of sp³-hybridized carbons (Fsp3) is 0.176. The van der Waals surface area contributed by atoms with Crippen molar-refractivity contribution in [1.82, 2.24) is 20.1 Å². The Bertz CT molecular complexity index is 815. The fourth-order valence-corrected chi connectivity index (χ4v) is 3.10. The Kier molecular flexibility index (Phi) is 4.66. The lowest BCUT2D eigenvalue weighted by atomic mass is 9.99. The van der Waals surface area contributed by atoms with E-state index in [2.05, 4.69) is 21.0 Å². The SMILES string of the molecule is Cl.Clc1cccc(-c2nn3c(c2-c2ccncc2)CNCC3)c1. The molecular formula is C17H16Cl2N4. The highest BCUT2D eigenvalue weighted by Gasteiger charge is 2.22. The van der Waals surface area contributed by atoms with Crippen LogP contribution in [0.5, 0.6) is 0 Å². The summed E-state index contributed by atoms with van der Waals surface area (Å²) in [6, 6.07) is 11.9. The number of fused-ring (bicyclic) bond motifs is 1. The quantitative estimate of drug-likeness (QED) is 0.767. The topological polar surface area (TPSA) is 42.7 Å². The number of nitrogens with zero attached hydrogens (tertiary/aromatic N) is 3. The normalized spacial score (nSPS) is 13.3. The molecule has 0 unspecified atom stereocenters. The second-order valence-corrected chi connectivity index (χ2v) is 5.75. The van der Waals surface area contributed by atoms with Crippen molar-refractivity contribution in [3.63, 3.8) is 0 Å². The molecule has 1 aromatic carbocycles. The van der Waals surface area contributed by atoms with E-state index in [9.17, 15) is 0 Å². The van der Waals surface area contributed by atoms with Gasteiger partial charge >= 0.3 is 0 Å². The van der Waals surface area contributed by atoms with Crippen molar-refractivity contribution in [2.45, 2.75) is 13.1 Å². The van der Waals surface area contributed by atoms with Gasteiger partial charge in [0.2, 0.25) is 0 Å². The van der Waals surface area contributed by atoms with Crippen molar-refractivity contribution < 1.29 is 0 Å². The molecule has 0 atom stereocenters. The highest BCUT2D eigenvalue weighted by atomic mass is 35.5. The Balaban J connectivity index is 0.00000156. The molecule has 0 spiro atoms. The Morgan fingerprint density at radius 1 is 1.09 bits per heavy atom. The van der Waals surface area contributed by atoms with Crippen molar-refractivity contribution in [3.8, 4) is 22.4 Å². The minimum absolute atomic E-state index is 0. The van der Waals surface area contributed by atoms with Crippen LogP contribution in [0.4, 0.5) is 0 Å². The first-order valence-corrected chi connectivity index (χ1v) is 7.67. The zero-order valence-electron chi connectivity index (χ0n) is 12.4. The van der Waals surface area contributed by atoms with Gasteiger partial charge in [-0.2, -0.15) is 5.10 Å². The van der Waals surface area contributed by atoms with Gasteiger partial charge in [-0.3, -0.25) is 9.67 Å². The van der Waals surface area contributed by atoms with Crippen LogP contribution in [0.1, 0.15) is 5.69 Å². The molecule has 0 amide bonds. The highest BCUT2D eigenvalue weighted by Crippen LogP contribution is 2.35. The lowest BCUT2D eigenvalue weighted by Crippen LogP contribution is -2.28. The fourth-order valence-electron chi connectivity index (χ4n) is 2.91. The van der Waals surface area contributed by atoms with Crippen molar-refractivity contribution in [1.29, 1.82) is 0 Å². The minimum atomic E-state index is 0. The maximum atomic E-state index is 6.16. The van der Waals surface area contributed by atoms with Crippen LogP contribution in [0.3, 0.4) is 0 Å².